The van der Waals surface area contributed by atoms with E-state index in [1.54, 1.807) is 36.6 Å². The molecule has 1 aromatic carbocycles. The van der Waals surface area contributed by atoms with Gasteiger partial charge in [-0.3, -0.25) is 4.98 Å². The van der Waals surface area contributed by atoms with Gasteiger partial charge in [-0.2, -0.15) is 4.98 Å². The van der Waals surface area contributed by atoms with Crippen molar-refractivity contribution < 1.29 is 9.50 Å². The van der Waals surface area contributed by atoms with Crippen LogP contribution in [-0.2, 0) is 0 Å². The number of pyridine rings is 1. The average Bonchev–Trinajstić information content (AvgIpc) is 3.48. The molecule has 3 heterocycles. The zero-order valence-electron chi connectivity index (χ0n) is 21.0. The van der Waals surface area contributed by atoms with Crippen LogP contribution >= 0.6 is 11.3 Å². The van der Waals surface area contributed by atoms with Crippen molar-refractivity contribution in [1.82, 2.24) is 19.9 Å². The van der Waals surface area contributed by atoms with Crippen LogP contribution in [-0.4, -0.2) is 37.7 Å². The van der Waals surface area contributed by atoms with Gasteiger partial charge < -0.3 is 15.7 Å². The molecule has 0 spiro atoms. The van der Waals surface area contributed by atoms with Crippen molar-refractivity contribution >= 4 is 33.3 Å². The van der Waals surface area contributed by atoms with Crippen LogP contribution in [0.5, 0.6) is 0 Å². The fourth-order valence-electron chi connectivity index (χ4n) is 4.81. The lowest BCUT2D eigenvalue weighted by Gasteiger charge is -2.20. The van der Waals surface area contributed by atoms with E-state index < -0.39 is 0 Å². The fraction of sp³-hybridized carbons (Fsp3) is 0.407. The number of hydrogen-bond donors (Lipinski definition) is 3. The lowest BCUT2D eigenvalue weighted by Crippen LogP contribution is -2.19. The molecule has 3 aromatic heterocycles. The minimum absolute atomic E-state index is 0.181. The molecular weight excluding hydrogens is 475 g/mol. The summed E-state index contributed by atoms with van der Waals surface area (Å²) in [6, 6.07) is 7.27. The Morgan fingerprint density at radius 3 is 2.67 bits per heavy atom. The van der Waals surface area contributed by atoms with Crippen LogP contribution in [0.1, 0.15) is 54.7 Å². The average molecular weight is 507 g/mol. The first kappa shape index (κ1) is 24.5. The summed E-state index contributed by atoms with van der Waals surface area (Å²) >= 11 is 1.60. The zero-order chi connectivity index (χ0) is 25.4. The Bertz CT molecular complexity index is 1410. The Hall–Kier alpha value is -3.17. The highest BCUT2D eigenvalue weighted by molar-refractivity contribution is 7.21. The molecule has 9 heteroatoms. The molecule has 0 aliphatic heterocycles. The highest BCUT2D eigenvalue weighted by Gasteiger charge is 2.27. The molecule has 0 bridgehead atoms. The quantitative estimate of drug-likeness (QED) is 0.285. The van der Waals surface area contributed by atoms with E-state index >= 15 is 0 Å². The number of rotatable bonds is 7. The Kier molecular flexibility index (Phi) is 6.85. The van der Waals surface area contributed by atoms with E-state index in [1.165, 1.54) is 0 Å². The number of aryl methyl sites for hydroxylation is 3. The van der Waals surface area contributed by atoms with Gasteiger partial charge in [0, 0.05) is 18.8 Å². The molecule has 1 aliphatic rings. The molecule has 5 rings (SSSR count). The first-order chi connectivity index (χ1) is 17.3. The fourth-order valence-corrected chi connectivity index (χ4v) is 5.92. The van der Waals surface area contributed by atoms with Crippen LogP contribution in [0.2, 0.25) is 0 Å². The van der Waals surface area contributed by atoms with E-state index in [0.717, 1.165) is 62.8 Å². The number of fused-ring (bicyclic) bond motifs is 1. The first-order valence-electron chi connectivity index (χ1n) is 12.3. The minimum atomic E-state index is -0.226. The summed E-state index contributed by atoms with van der Waals surface area (Å²) in [5, 5.41) is 17.4. The topological polar surface area (TPSA) is 95.9 Å². The number of nitrogens with one attached hydrogen (secondary N) is 2. The second-order valence-electron chi connectivity index (χ2n) is 9.70. The van der Waals surface area contributed by atoms with Crippen molar-refractivity contribution in [2.45, 2.75) is 59.0 Å². The Labute approximate surface area is 214 Å². The third-order valence-electron chi connectivity index (χ3n) is 6.98. The van der Waals surface area contributed by atoms with E-state index in [9.17, 15) is 9.50 Å². The van der Waals surface area contributed by atoms with E-state index in [-0.39, 0.29) is 24.5 Å². The van der Waals surface area contributed by atoms with E-state index in [0.29, 0.717) is 17.4 Å². The molecule has 1 saturated carbocycles. The first-order valence-corrected chi connectivity index (χ1v) is 13.1. The normalized spacial score (nSPS) is 18.5. The molecule has 0 amide bonds. The molecule has 4 aromatic rings. The molecule has 3 N–H and O–H groups in total. The molecular formula is C27H31FN6OS. The number of benzene rings is 1. The van der Waals surface area contributed by atoms with Crippen LogP contribution in [0.25, 0.3) is 20.8 Å². The second-order valence-corrected chi connectivity index (χ2v) is 10.7. The Morgan fingerprint density at radius 1 is 1.11 bits per heavy atom. The number of aliphatic hydroxyl groups excluding tert-OH is 1. The molecule has 0 radical (unpaired) electrons. The maximum atomic E-state index is 14.2. The van der Waals surface area contributed by atoms with Crippen LogP contribution < -0.4 is 10.6 Å². The molecule has 188 valence electrons. The lowest BCUT2D eigenvalue weighted by molar-refractivity contribution is 0.229. The summed E-state index contributed by atoms with van der Waals surface area (Å²) in [7, 11) is 0. The molecule has 36 heavy (non-hydrogen) atoms. The number of aromatic nitrogens is 4. The van der Waals surface area contributed by atoms with Gasteiger partial charge in [0.25, 0.3) is 0 Å². The number of anilines is 2. The van der Waals surface area contributed by atoms with Crippen molar-refractivity contribution in [1.29, 1.82) is 0 Å². The molecule has 1 aliphatic carbocycles. The third-order valence-corrected chi connectivity index (χ3v) is 8.01. The van der Waals surface area contributed by atoms with Gasteiger partial charge >= 0.3 is 0 Å². The van der Waals surface area contributed by atoms with E-state index in [4.69, 9.17) is 15.0 Å². The van der Waals surface area contributed by atoms with E-state index in [2.05, 4.69) is 15.6 Å². The van der Waals surface area contributed by atoms with Gasteiger partial charge in [0.15, 0.2) is 0 Å². The van der Waals surface area contributed by atoms with Gasteiger partial charge in [-0.15, -0.1) is 11.3 Å². The third kappa shape index (κ3) is 4.90. The SMILES string of the molecule is Cc1ccc([C@@H](C)Nc2nc(C)c(-c3nc4c(C)nccc4s3)c(N[C@H]3CC[C@@H](CO)C3)n2)cc1F. The van der Waals surface area contributed by atoms with E-state index in [1.807, 2.05) is 32.9 Å². The summed E-state index contributed by atoms with van der Waals surface area (Å²) in [5.74, 6) is 1.28. The highest BCUT2D eigenvalue weighted by Crippen LogP contribution is 2.38. The summed E-state index contributed by atoms with van der Waals surface area (Å²) in [5.41, 5.74) is 4.91. The van der Waals surface area contributed by atoms with Gasteiger partial charge in [-0.1, -0.05) is 12.1 Å². The summed E-state index contributed by atoms with van der Waals surface area (Å²) in [4.78, 5) is 18.9. The van der Waals surface area contributed by atoms with Gasteiger partial charge in [0.2, 0.25) is 5.95 Å². The molecule has 0 unspecified atom stereocenters. The van der Waals surface area contributed by atoms with Crippen molar-refractivity contribution in [2.75, 3.05) is 17.2 Å². The molecule has 7 nitrogen and oxygen atoms in total. The zero-order valence-corrected chi connectivity index (χ0v) is 21.8. The van der Waals surface area contributed by atoms with Gasteiger partial charge in [-0.05, 0) is 76.1 Å². The van der Waals surface area contributed by atoms with Gasteiger partial charge in [0.1, 0.15) is 22.2 Å². The maximum absolute atomic E-state index is 14.2. The number of thiazole rings is 1. The predicted molar refractivity (Wildman–Crippen MR) is 143 cm³/mol. The number of nitrogens with zero attached hydrogens (tertiary/aromatic N) is 4. The summed E-state index contributed by atoms with van der Waals surface area (Å²) < 4.78 is 15.2. The minimum Gasteiger partial charge on any atom is -0.396 e. The maximum Gasteiger partial charge on any atom is 0.225 e. The number of hydrogen-bond acceptors (Lipinski definition) is 8. The lowest BCUT2D eigenvalue weighted by atomic mass is 10.1. The van der Waals surface area contributed by atoms with Gasteiger partial charge in [0.05, 0.1) is 27.7 Å². The Balaban J connectivity index is 1.52. The monoisotopic (exact) mass is 506 g/mol. The number of aliphatic hydroxyl groups is 1. The largest absolute Gasteiger partial charge is 0.396 e. The predicted octanol–water partition coefficient (Wildman–Crippen LogP) is 5.96. The molecule has 3 atom stereocenters. The highest BCUT2D eigenvalue weighted by atomic mass is 32.1. The summed E-state index contributed by atoms with van der Waals surface area (Å²) in [6.07, 6.45) is 4.65. The molecule has 0 saturated heterocycles. The van der Waals surface area contributed by atoms with Crippen molar-refractivity contribution in [2.24, 2.45) is 5.92 Å². The molecule has 1 fully saturated rings. The Morgan fingerprint density at radius 2 is 1.94 bits per heavy atom. The van der Waals surface area contributed by atoms with Crippen LogP contribution in [0.15, 0.2) is 30.5 Å². The van der Waals surface area contributed by atoms with Crippen molar-refractivity contribution in [3.05, 3.63) is 58.8 Å². The van der Waals surface area contributed by atoms with Crippen LogP contribution in [0.3, 0.4) is 0 Å². The number of halogens is 1. The summed E-state index contributed by atoms with van der Waals surface area (Å²) in [6.45, 7) is 7.85. The second kappa shape index (κ2) is 10.1. The standard InChI is InChI=1S/C27H31FN6OS/c1-14-5-7-19(12-21(14)28)15(2)30-27-31-16(3)23(25(34-27)32-20-8-6-18(11-20)13-35)26-33-24-17(4)29-10-9-22(24)36-26/h5,7,9-10,12,15,18,20,35H,6,8,11,13H2,1-4H3,(H2,30,31,32,34)/t15-,18-,20+/m1/s1. The van der Waals surface area contributed by atoms with Crippen LogP contribution in [0, 0.1) is 32.5 Å². The van der Waals surface area contributed by atoms with Crippen molar-refractivity contribution in [3.63, 3.8) is 0 Å². The van der Waals surface area contributed by atoms with Gasteiger partial charge in [-0.25, -0.2) is 14.4 Å². The smallest absolute Gasteiger partial charge is 0.225 e. The van der Waals surface area contributed by atoms with Crippen LogP contribution in [0.4, 0.5) is 16.2 Å². The van der Waals surface area contributed by atoms with Crippen molar-refractivity contribution in [3.8, 4) is 10.6 Å².